The zero-order valence-electron chi connectivity index (χ0n) is 15.9. The number of nitriles is 1. The summed E-state index contributed by atoms with van der Waals surface area (Å²) in [5.74, 6) is -0.290. The Kier molecular flexibility index (Phi) is 4.63. The molecule has 0 atom stereocenters. The van der Waals surface area contributed by atoms with E-state index in [4.69, 9.17) is 5.73 Å². The van der Waals surface area contributed by atoms with Crippen LogP contribution in [0.2, 0.25) is 0 Å². The van der Waals surface area contributed by atoms with Crippen LogP contribution in [0.1, 0.15) is 11.1 Å². The number of nitrogens with zero attached hydrogens (tertiary/aromatic N) is 2. The zero-order valence-corrected chi connectivity index (χ0v) is 15.9. The molecular weight excluding hydrogens is 391 g/mol. The number of halogens is 3. The van der Waals surface area contributed by atoms with E-state index in [1.165, 1.54) is 12.1 Å². The molecule has 7 heteroatoms. The SMILES string of the molecule is Cc1c(N)cccc1-c1cn(-c2ccc(OC(F)(F)F)cc2)c2ccc(C#N)cc12. The average Bonchev–Trinajstić information content (AvgIpc) is 3.08. The molecule has 0 amide bonds. The quantitative estimate of drug-likeness (QED) is 0.426. The molecule has 0 fully saturated rings. The molecule has 3 aromatic carbocycles. The Labute approximate surface area is 170 Å². The van der Waals surface area contributed by atoms with Crippen molar-refractivity contribution in [2.75, 3.05) is 5.73 Å². The van der Waals surface area contributed by atoms with Crippen molar-refractivity contribution in [3.05, 3.63) is 78.0 Å². The van der Waals surface area contributed by atoms with E-state index in [1.54, 1.807) is 24.3 Å². The Hall–Kier alpha value is -3.92. The van der Waals surface area contributed by atoms with E-state index in [1.807, 2.05) is 42.0 Å². The highest BCUT2D eigenvalue weighted by molar-refractivity contribution is 5.99. The lowest BCUT2D eigenvalue weighted by atomic mass is 9.98. The summed E-state index contributed by atoms with van der Waals surface area (Å²) < 4.78 is 43.1. The van der Waals surface area contributed by atoms with E-state index in [9.17, 15) is 18.4 Å². The molecule has 0 bridgehead atoms. The van der Waals surface area contributed by atoms with E-state index in [2.05, 4.69) is 10.8 Å². The maximum atomic E-state index is 12.4. The van der Waals surface area contributed by atoms with Crippen molar-refractivity contribution in [1.82, 2.24) is 4.57 Å². The molecule has 1 heterocycles. The van der Waals surface area contributed by atoms with Crippen LogP contribution >= 0.6 is 0 Å². The molecule has 0 saturated heterocycles. The van der Waals surface area contributed by atoms with Crippen molar-refractivity contribution in [2.24, 2.45) is 0 Å². The van der Waals surface area contributed by atoms with Gasteiger partial charge in [0.25, 0.3) is 0 Å². The summed E-state index contributed by atoms with van der Waals surface area (Å²) in [5.41, 5.74) is 11.4. The number of anilines is 1. The van der Waals surface area contributed by atoms with Crippen LogP contribution in [0.25, 0.3) is 27.7 Å². The molecule has 0 aliphatic carbocycles. The van der Waals surface area contributed by atoms with Crippen LogP contribution in [0, 0.1) is 18.3 Å². The van der Waals surface area contributed by atoms with Crippen LogP contribution in [0.5, 0.6) is 5.75 Å². The topological polar surface area (TPSA) is 64.0 Å². The number of hydrogen-bond donors (Lipinski definition) is 1. The van der Waals surface area contributed by atoms with Gasteiger partial charge in [0.1, 0.15) is 5.75 Å². The number of rotatable bonds is 3. The molecule has 4 nitrogen and oxygen atoms in total. The number of benzene rings is 3. The third-order valence-electron chi connectivity index (χ3n) is 4.95. The number of hydrogen-bond acceptors (Lipinski definition) is 3. The Balaban J connectivity index is 1.89. The van der Waals surface area contributed by atoms with Gasteiger partial charge in [0.05, 0.1) is 17.1 Å². The zero-order chi connectivity index (χ0) is 21.5. The Morgan fingerprint density at radius 1 is 1.00 bits per heavy atom. The predicted molar refractivity (Wildman–Crippen MR) is 109 cm³/mol. The summed E-state index contributed by atoms with van der Waals surface area (Å²) in [7, 11) is 0. The first kappa shape index (κ1) is 19.4. The second-order valence-corrected chi connectivity index (χ2v) is 6.82. The fourth-order valence-corrected chi connectivity index (χ4v) is 3.48. The molecule has 1 aromatic heterocycles. The summed E-state index contributed by atoms with van der Waals surface area (Å²) in [5, 5.41) is 10.2. The van der Waals surface area contributed by atoms with Crippen LogP contribution in [-0.4, -0.2) is 10.9 Å². The van der Waals surface area contributed by atoms with E-state index in [0.717, 1.165) is 27.6 Å². The molecule has 0 saturated carbocycles. The first-order chi connectivity index (χ1) is 14.3. The minimum Gasteiger partial charge on any atom is -0.406 e. The molecule has 150 valence electrons. The predicted octanol–water partition coefficient (Wildman–Crippen LogP) is 5.96. The van der Waals surface area contributed by atoms with Crippen LogP contribution in [0.4, 0.5) is 18.9 Å². The number of ether oxygens (including phenoxy) is 1. The highest BCUT2D eigenvalue weighted by Crippen LogP contribution is 2.36. The third-order valence-corrected chi connectivity index (χ3v) is 4.95. The number of nitrogen functional groups attached to an aromatic ring is 1. The van der Waals surface area contributed by atoms with E-state index < -0.39 is 6.36 Å². The summed E-state index contributed by atoms with van der Waals surface area (Å²) in [6.07, 6.45) is -2.85. The second kappa shape index (κ2) is 7.16. The number of nitrogens with two attached hydrogens (primary N) is 1. The van der Waals surface area contributed by atoms with Gasteiger partial charge < -0.3 is 15.0 Å². The summed E-state index contributed by atoms with van der Waals surface area (Å²) in [6.45, 7) is 1.92. The molecule has 0 aliphatic rings. The van der Waals surface area contributed by atoms with E-state index in [-0.39, 0.29) is 5.75 Å². The van der Waals surface area contributed by atoms with E-state index in [0.29, 0.717) is 16.9 Å². The molecule has 0 spiro atoms. The maximum absolute atomic E-state index is 12.4. The monoisotopic (exact) mass is 407 g/mol. The lowest BCUT2D eigenvalue weighted by Crippen LogP contribution is -2.17. The van der Waals surface area contributed by atoms with Crippen LogP contribution in [-0.2, 0) is 0 Å². The van der Waals surface area contributed by atoms with Crippen molar-refractivity contribution in [3.8, 4) is 28.6 Å². The van der Waals surface area contributed by atoms with Gasteiger partial charge in [-0.2, -0.15) is 5.26 Å². The molecule has 30 heavy (non-hydrogen) atoms. The van der Waals surface area contributed by atoms with Crippen LogP contribution in [0.15, 0.2) is 66.9 Å². The van der Waals surface area contributed by atoms with Crippen molar-refractivity contribution in [1.29, 1.82) is 5.26 Å². The smallest absolute Gasteiger partial charge is 0.406 e. The van der Waals surface area contributed by atoms with Crippen molar-refractivity contribution < 1.29 is 17.9 Å². The molecule has 2 N–H and O–H groups in total. The van der Waals surface area contributed by atoms with E-state index >= 15 is 0 Å². The Morgan fingerprint density at radius 3 is 2.40 bits per heavy atom. The van der Waals surface area contributed by atoms with Gasteiger partial charge in [-0.3, -0.25) is 0 Å². The van der Waals surface area contributed by atoms with Gasteiger partial charge in [-0.15, -0.1) is 13.2 Å². The maximum Gasteiger partial charge on any atom is 0.573 e. The molecule has 4 rings (SSSR count). The third kappa shape index (κ3) is 3.55. The standard InChI is InChI=1S/C23H16F3N3O/c1-14-18(3-2-4-21(14)28)20-13-29(22-10-5-15(12-27)11-19(20)22)16-6-8-17(9-7-16)30-23(24,25)26/h2-11,13H,28H2,1H3. The molecular formula is C23H16F3N3O. The van der Waals surface area contributed by atoms with Gasteiger partial charge in [0.2, 0.25) is 0 Å². The number of alkyl halides is 3. The van der Waals surface area contributed by atoms with Crippen LogP contribution < -0.4 is 10.5 Å². The first-order valence-corrected chi connectivity index (χ1v) is 9.03. The van der Waals surface area contributed by atoms with Gasteiger partial charge in [-0.1, -0.05) is 12.1 Å². The normalized spacial score (nSPS) is 11.4. The molecule has 0 aliphatic heterocycles. The number of aromatic nitrogens is 1. The fraction of sp³-hybridized carbons (Fsp3) is 0.0870. The fourth-order valence-electron chi connectivity index (χ4n) is 3.48. The average molecular weight is 407 g/mol. The minimum atomic E-state index is -4.74. The molecule has 4 aromatic rings. The van der Waals surface area contributed by atoms with Crippen molar-refractivity contribution in [3.63, 3.8) is 0 Å². The van der Waals surface area contributed by atoms with Gasteiger partial charge in [0, 0.05) is 28.5 Å². The van der Waals surface area contributed by atoms with Gasteiger partial charge in [-0.25, -0.2) is 0 Å². The minimum absolute atomic E-state index is 0.290. The summed E-state index contributed by atoms with van der Waals surface area (Å²) >= 11 is 0. The number of fused-ring (bicyclic) bond motifs is 1. The Bertz CT molecular complexity index is 1280. The van der Waals surface area contributed by atoms with Gasteiger partial charge >= 0.3 is 6.36 Å². The van der Waals surface area contributed by atoms with Gasteiger partial charge in [-0.05, 0) is 66.6 Å². The summed E-state index contributed by atoms with van der Waals surface area (Å²) in [4.78, 5) is 0. The largest absolute Gasteiger partial charge is 0.573 e. The lowest BCUT2D eigenvalue weighted by molar-refractivity contribution is -0.274. The molecule has 0 radical (unpaired) electrons. The molecule has 0 unspecified atom stereocenters. The summed E-state index contributed by atoms with van der Waals surface area (Å²) in [6, 6.07) is 18.7. The Morgan fingerprint density at radius 2 is 1.73 bits per heavy atom. The van der Waals surface area contributed by atoms with Crippen LogP contribution in [0.3, 0.4) is 0 Å². The second-order valence-electron chi connectivity index (χ2n) is 6.82. The van der Waals surface area contributed by atoms with Crippen molar-refractivity contribution >= 4 is 16.6 Å². The first-order valence-electron chi connectivity index (χ1n) is 9.03. The van der Waals surface area contributed by atoms with Gasteiger partial charge in [0.15, 0.2) is 0 Å². The van der Waals surface area contributed by atoms with Crippen molar-refractivity contribution in [2.45, 2.75) is 13.3 Å². The highest BCUT2D eigenvalue weighted by Gasteiger charge is 2.31. The lowest BCUT2D eigenvalue weighted by Gasteiger charge is -2.10. The highest BCUT2D eigenvalue weighted by atomic mass is 19.4.